The molecule has 1 heterocycles. The maximum absolute atomic E-state index is 13.2. The Kier molecular flexibility index (Phi) is 7.58. The molecule has 3 rings (SSSR count). The third-order valence-corrected chi connectivity index (χ3v) is 5.94. The first-order chi connectivity index (χ1) is 15.2. The predicted molar refractivity (Wildman–Crippen MR) is 124 cm³/mol. The number of nitrogens with zero attached hydrogens (tertiary/aromatic N) is 3. The molecular formula is C22H24Cl2N4O4. The van der Waals surface area contributed by atoms with Crippen LogP contribution in [-0.2, 0) is 4.79 Å². The lowest BCUT2D eigenvalue weighted by atomic mass is 10.0. The van der Waals surface area contributed by atoms with E-state index in [9.17, 15) is 19.7 Å². The fourth-order valence-electron chi connectivity index (χ4n) is 3.59. The van der Waals surface area contributed by atoms with Gasteiger partial charge in [0.1, 0.15) is 6.04 Å². The van der Waals surface area contributed by atoms with Crippen LogP contribution < -0.4 is 10.2 Å². The van der Waals surface area contributed by atoms with Gasteiger partial charge in [-0.3, -0.25) is 19.7 Å². The number of rotatable bonds is 6. The Balaban J connectivity index is 1.66. The van der Waals surface area contributed by atoms with E-state index in [0.717, 1.165) is 11.8 Å². The second kappa shape index (κ2) is 10.2. The first kappa shape index (κ1) is 23.8. The van der Waals surface area contributed by atoms with Gasteiger partial charge in [0.25, 0.3) is 11.6 Å². The summed E-state index contributed by atoms with van der Waals surface area (Å²) in [5.74, 6) is -0.874. The standard InChI is InChI=1S/C22H24Cl2N4O4/c1-14(2)20(25-21(29)18-7-6-17(28(31)32)13-19(18)24)22(30)27-10-8-26(9-11-27)16-5-3-4-15(23)12-16/h3-7,12-14,20H,8-11H2,1-2H3,(H,25,29). The lowest BCUT2D eigenvalue weighted by Gasteiger charge is -2.38. The average molecular weight is 479 g/mol. The van der Waals surface area contributed by atoms with Crippen LogP contribution in [0.2, 0.25) is 10.0 Å². The molecule has 170 valence electrons. The molecule has 32 heavy (non-hydrogen) atoms. The number of anilines is 1. The molecule has 10 heteroatoms. The Morgan fingerprint density at radius 2 is 1.75 bits per heavy atom. The molecule has 0 aliphatic carbocycles. The fourth-order valence-corrected chi connectivity index (χ4v) is 4.03. The first-order valence-electron chi connectivity index (χ1n) is 10.2. The maximum atomic E-state index is 13.2. The molecule has 8 nitrogen and oxygen atoms in total. The van der Waals surface area contributed by atoms with Gasteiger partial charge in [-0.05, 0) is 30.2 Å². The number of nitrogens with one attached hydrogen (secondary N) is 1. The molecule has 1 aliphatic rings. The van der Waals surface area contributed by atoms with Crippen LogP contribution >= 0.6 is 23.2 Å². The monoisotopic (exact) mass is 478 g/mol. The minimum atomic E-state index is -0.744. The van der Waals surface area contributed by atoms with E-state index in [1.165, 1.54) is 12.1 Å². The van der Waals surface area contributed by atoms with Gasteiger partial charge in [0, 0.05) is 49.0 Å². The summed E-state index contributed by atoms with van der Waals surface area (Å²) in [4.78, 5) is 40.1. The van der Waals surface area contributed by atoms with Crippen molar-refractivity contribution >= 4 is 46.4 Å². The van der Waals surface area contributed by atoms with Crippen LogP contribution in [0.15, 0.2) is 42.5 Å². The summed E-state index contributed by atoms with van der Waals surface area (Å²) in [6, 6.07) is 10.5. The molecule has 1 saturated heterocycles. The molecule has 0 aromatic heterocycles. The van der Waals surface area contributed by atoms with Crippen molar-refractivity contribution in [2.24, 2.45) is 5.92 Å². The van der Waals surface area contributed by atoms with Gasteiger partial charge in [0.2, 0.25) is 5.91 Å². The van der Waals surface area contributed by atoms with Gasteiger partial charge in [0.05, 0.1) is 15.5 Å². The number of nitro groups is 1. The van der Waals surface area contributed by atoms with Gasteiger partial charge < -0.3 is 15.1 Å². The molecule has 1 unspecified atom stereocenters. The number of non-ortho nitro benzene ring substituents is 1. The second-order valence-electron chi connectivity index (χ2n) is 7.91. The molecule has 1 fully saturated rings. The lowest BCUT2D eigenvalue weighted by Crippen LogP contribution is -2.56. The largest absolute Gasteiger partial charge is 0.368 e. The third-order valence-electron chi connectivity index (χ3n) is 5.39. The predicted octanol–water partition coefficient (Wildman–Crippen LogP) is 4.00. The van der Waals surface area contributed by atoms with Crippen LogP contribution in [0.3, 0.4) is 0 Å². The van der Waals surface area contributed by atoms with E-state index >= 15 is 0 Å². The van der Waals surface area contributed by atoms with Crippen molar-refractivity contribution in [1.82, 2.24) is 10.2 Å². The maximum Gasteiger partial charge on any atom is 0.270 e. The van der Waals surface area contributed by atoms with Crippen molar-refractivity contribution in [1.29, 1.82) is 0 Å². The zero-order valence-electron chi connectivity index (χ0n) is 17.8. The SMILES string of the molecule is CC(C)C(NC(=O)c1ccc([N+](=O)[O-])cc1Cl)C(=O)N1CCN(c2cccc(Cl)c2)CC1. The zero-order chi connectivity index (χ0) is 23.4. The van der Waals surface area contributed by atoms with Gasteiger partial charge >= 0.3 is 0 Å². The number of carbonyl (C=O) groups excluding carboxylic acids is 2. The molecule has 0 radical (unpaired) electrons. The number of hydrogen-bond acceptors (Lipinski definition) is 5. The number of amides is 2. The highest BCUT2D eigenvalue weighted by Crippen LogP contribution is 2.24. The van der Waals surface area contributed by atoms with Crippen molar-refractivity contribution in [3.05, 3.63) is 68.2 Å². The zero-order valence-corrected chi connectivity index (χ0v) is 19.3. The molecule has 1 aliphatic heterocycles. The van der Waals surface area contributed by atoms with Crippen molar-refractivity contribution in [2.45, 2.75) is 19.9 Å². The Bertz CT molecular complexity index is 1020. The number of halogens is 2. The lowest BCUT2D eigenvalue weighted by molar-refractivity contribution is -0.384. The van der Waals surface area contributed by atoms with Crippen LogP contribution in [0.4, 0.5) is 11.4 Å². The van der Waals surface area contributed by atoms with Crippen LogP contribution in [0.5, 0.6) is 0 Å². The number of hydrogen-bond donors (Lipinski definition) is 1. The van der Waals surface area contributed by atoms with E-state index in [0.29, 0.717) is 31.2 Å². The van der Waals surface area contributed by atoms with Gasteiger partial charge in [-0.15, -0.1) is 0 Å². The van der Waals surface area contributed by atoms with E-state index in [2.05, 4.69) is 10.2 Å². The molecule has 1 N–H and O–H groups in total. The van der Waals surface area contributed by atoms with Crippen LogP contribution in [0.1, 0.15) is 24.2 Å². The topological polar surface area (TPSA) is 95.8 Å². The van der Waals surface area contributed by atoms with Crippen LogP contribution in [-0.4, -0.2) is 53.9 Å². The Hall–Kier alpha value is -2.84. The molecule has 1 atom stereocenters. The second-order valence-corrected chi connectivity index (χ2v) is 8.75. The normalized spacial score (nSPS) is 14.9. The summed E-state index contributed by atoms with van der Waals surface area (Å²) >= 11 is 12.1. The molecule has 2 aromatic rings. The van der Waals surface area contributed by atoms with Crippen LogP contribution in [0, 0.1) is 16.0 Å². The molecule has 0 saturated carbocycles. The Morgan fingerprint density at radius 3 is 2.31 bits per heavy atom. The summed E-state index contributed by atoms with van der Waals surface area (Å²) in [5, 5.41) is 14.3. The van der Waals surface area contributed by atoms with Gasteiger partial charge in [-0.2, -0.15) is 0 Å². The van der Waals surface area contributed by atoms with Crippen molar-refractivity contribution in [3.63, 3.8) is 0 Å². The number of piperazine rings is 1. The van der Waals surface area contributed by atoms with E-state index in [4.69, 9.17) is 23.2 Å². The van der Waals surface area contributed by atoms with Crippen molar-refractivity contribution < 1.29 is 14.5 Å². The minimum Gasteiger partial charge on any atom is -0.368 e. The quantitative estimate of drug-likeness (QED) is 0.499. The number of nitro benzene ring substituents is 1. The molecule has 0 bridgehead atoms. The highest BCUT2D eigenvalue weighted by atomic mass is 35.5. The highest BCUT2D eigenvalue weighted by Gasteiger charge is 2.31. The smallest absolute Gasteiger partial charge is 0.270 e. The summed E-state index contributed by atoms with van der Waals surface area (Å²) in [6.07, 6.45) is 0. The van der Waals surface area contributed by atoms with Crippen molar-refractivity contribution in [3.8, 4) is 0 Å². The molecule has 0 spiro atoms. The molecule has 2 amide bonds. The van der Waals surface area contributed by atoms with E-state index < -0.39 is 16.9 Å². The Morgan fingerprint density at radius 1 is 1.06 bits per heavy atom. The number of benzene rings is 2. The van der Waals surface area contributed by atoms with Crippen LogP contribution in [0.25, 0.3) is 0 Å². The number of carbonyl (C=O) groups is 2. The average Bonchev–Trinajstić information content (AvgIpc) is 2.76. The minimum absolute atomic E-state index is 0.0400. The van der Waals surface area contributed by atoms with E-state index in [1.807, 2.05) is 38.1 Å². The summed E-state index contributed by atoms with van der Waals surface area (Å²) in [6.45, 7) is 6.04. The van der Waals surface area contributed by atoms with E-state index in [-0.39, 0.29) is 28.1 Å². The molecular weight excluding hydrogens is 455 g/mol. The van der Waals surface area contributed by atoms with Gasteiger partial charge in [-0.25, -0.2) is 0 Å². The highest BCUT2D eigenvalue weighted by molar-refractivity contribution is 6.34. The molecule has 2 aromatic carbocycles. The summed E-state index contributed by atoms with van der Waals surface area (Å²) in [7, 11) is 0. The van der Waals surface area contributed by atoms with Gasteiger partial charge in [0.15, 0.2) is 0 Å². The van der Waals surface area contributed by atoms with E-state index in [1.54, 1.807) is 4.90 Å². The van der Waals surface area contributed by atoms with Gasteiger partial charge in [-0.1, -0.05) is 43.1 Å². The summed E-state index contributed by atoms with van der Waals surface area (Å²) < 4.78 is 0. The van der Waals surface area contributed by atoms with Crippen molar-refractivity contribution in [2.75, 3.05) is 31.1 Å². The first-order valence-corrected chi connectivity index (χ1v) is 11.0. The third kappa shape index (κ3) is 5.49. The summed E-state index contributed by atoms with van der Waals surface area (Å²) in [5.41, 5.74) is 0.883. The fraction of sp³-hybridized carbons (Fsp3) is 0.364. The Labute approximate surface area is 196 Å².